The molecule has 1 saturated carbocycles. The summed E-state index contributed by atoms with van der Waals surface area (Å²) in [6, 6.07) is 31.6. The Kier molecular flexibility index (Phi) is 17.2. The van der Waals surface area contributed by atoms with E-state index < -0.39 is 34.0 Å². The number of terminal acetylenes is 1. The van der Waals surface area contributed by atoms with E-state index in [9.17, 15) is 32.7 Å². The van der Waals surface area contributed by atoms with Gasteiger partial charge in [0.15, 0.2) is 16.7 Å². The number of carbonyl (C=O) groups excluding carboxylic acids is 4. The lowest BCUT2D eigenvalue weighted by Crippen LogP contribution is -2.48. The number of rotatable bonds is 17. The number of para-hydroxylation sites is 1. The van der Waals surface area contributed by atoms with Crippen LogP contribution in [0.4, 0.5) is 22.5 Å². The fourth-order valence-corrected chi connectivity index (χ4v) is 14.5. The molecule has 3 aliphatic heterocycles. The molecule has 454 valence electrons. The number of likely N-dealkylation sites (tertiary alicyclic amines) is 1. The molecule has 2 saturated heterocycles. The first-order valence-electron chi connectivity index (χ1n) is 30.1. The SMILES string of the molecule is C#Cc1ccc(CNC(=O)[C@@H]2C[C@@H](O)CN2C(=O)[C@H](c2cc(N3CCN(c4ccc(S(=O)(=O)NC(=O)c5nc(N6CCc7cccc(C(=O)Nc8nc9ccccc9s8)c7C6)ccc5-c5cnn(CC6CCCCC6)c5C)cc4)CC3)no2)C(C)C)cc1. The standard InChI is InChI=1S/C66H70N12O8S2/c1-5-43-18-20-44(21-19-43)36-67-63(81)55-34-48(79)39-77(55)65(83)60(41(2)3)56-35-59(72-86-56)75-32-30-74(31-33-75)47-22-24-49(25-23-47)88(84,85)73-64(82)61-50(52-37-68-78(42(52)4)38-45-12-7-6-8-13-45)26-27-58(70-61)76-29-28-46-14-11-15-51(53(46)40-76)62(80)71-66-69-54-16-9-10-17-57(54)87-66/h1,9-11,14-27,35,37,41,45,48,55,60,79H,6-8,12-13,28-34,36,38-40H2,2-4H3,(H,67,81)(H,73,82)(H,69,71,80)/t48-,55+,60+/m1/s1. The van der Waals surface area contributed by atoms with Crippen LogP contribution in [0.3, 0.4) is 0 Å². The molecule has 3 atom stereocenters. The molecule has 0 radical (unpaired) electrons. The van der Waals surface area contributed by atoms with Crippen molar-refractivity contribution in [2.45, 2.75) is 108 Å². The van der Waals surface area contributed by atoms with E-state index in [-0.39, 0.29) is 53.7 Å². The minimum atomic E-state index is -4.43. The van der Waals surface area contributed by atoms with Crippen molar-refractivity contribution in [2.24, 2.45) is 11.8 Å². The monoisotopic (exact) mass is 1220 g/mol. The van der Waals surface area contributed by atoms with Crippen LogP contribution < -0.4 is 30.1 Å². The first-order valence-corrected chi connectivity index (χ1v) is 32.4. The number of piperazine rings is 1. The molecule has 4 aliphatic rings. The summed E-state index contributed by atoms with van der Waals surface area (Å²) in [6.45, 7) is 9.79. The van der Waals surface area contributed by atoms with Gasteiger partial charge >= 0.3 is 0 Å². The van der Waals surface area contributed by atoms with Gasteiger partial charge in [-0.05, 0) is 121 Å². The Morgan fingerprint density at radius 3 is 2.34 bits per heavy atom. The van der Waals surface area contributed by atoms with Crippen molar-refractivity contribution >= 4 is 77.7 Å². The van der Waals surface area contributed by atoms with Crippen LogP contribution in [-0.2, 0) is 45.7 Å². The van der Waals surface area contributed by atoms with Gasteiger partial charge in [-0.3, -0.25) is 29.2 Å². The second-order valence-corrected chi connectivity index (χ2v) is 26.3. The zero-order chi connectivity index (χ0) is 61.2. The molecule has 0 unspecified atom stereocenters. The number of nitrogens with one attached hydrogen (secondary N) is 3. The summed E-state index contributed by atoms with van der Waals surface area (Å²) in [5.41, 5.74) is 7.40. The Hall–Kier alpha value is -8.91. The number of benzene rings is 4. The maximum Gasteiger partial charge on any atom is 0.284 e. The third-order valence-corrected chi connectivity index (χ3v) is 19.8. The van der Waals surface area contributed by atoms with Crippen molar-refractivity contribution in [1.82, 2.24) is 39.8 Å². The molecule has 20 nitrogen and oxygen atoms in total. The van der Waals surface area contributed by atoms with E-state index in [1.54, 1.807) is 42.6 Å². The van der Waals surface area contributed by atoms with E-state index in [1.165, 1.54) is 47.6 Å². The van der Waals surface area contributed by atoms with Gasteiger partial charge in [0.1, 0.15) is 23.5 Å². The smallest absolute Gasteiger partial charge is 0.284 e. The summed E-state index contributed by atoms with van der Waals surface area (Å²) in [4.78, 5) is 73.6. The fraction of sp³-hybridized carbons (Fsp3) is 0.364. The lowest BCUT2D eigenvalue weighted by atomic mass is 9.89. The third-order valence-electron chi connectivity index (χ3n) is 17.6. The lowest BCUT2D eigenvalue weighted by Gasteiger charge is -2.36. The molecule has 12 rings (SSSR count). The summed E-state index contributed by atoms with van der Waals surface area (Å²) >= 11 is 1.41. The van der Waals surface area contributed by atoms with Gasteiger partial charge in [0.2, 0.25) is 11.8 Å². The van der Waals surface area contributed by atoms with Crippen molar-refractivity contribution < 1.29 is 37.2 Å². The van der Waals surface area contributed by atoms with Crippen LogP contribution in [0.5, 0.6) is 0 Å². The Bertz CT molecular complexity index is 4030. The molecule has 7 heterocycles. The number of amides is 4. The van der Waals surface area contributed by atoms with Crippen LogP contribution in [0.15, 0.2) is 125 Å². The lowest BCUT2D eigenvalue weighted by molar-refractivity contribution is -0.141. The third kappa shape index (κ3) is 12.6. The minimum absolute atomic E-state index is 0.0118. The van der Waals surface area contributed by atoms with Gasteiger partial charge in [-0.1, -0.05) is 91.9 Å². The molecule has 4 amide bonds. The van der Waals surface area contributed by atoms with Crippen molar-refractivity contribution in [3.8, 4) is 23.5 Å². The molecule has 0 bridgehead atoms. The van der Waals surface area contributed by atoms with Crippen LogP contribution >= 0.6 is 11.3 Å². The zero-order valence-corrected chi connectivity index (χ0v) is 51.0. The number of β-amino-alcohol motifs (C(OH)–C–C–N with tert-alkyl or cyclic N) is 1. The van der Waals surface area contributed by atoms with Crippen molar-refractivity contribution in [3.63, 3.8) is 0 Å². The van der Waals surface area contributed by atoms with Crippen LogP contribution in [0.25, 0.3) is 21.3 Å². The van der Waals surface area contributed by atoms with Gasteiger partial charge in [-0.2, -0.15) is 5.10 Å². The minimum Gasteiger partial charge on any atom is -0.391 e. The normalized spacial score (nSPS) is 17.6. The first kappa shape index (κ1) is 59.4. The highest BCUT2D eigenvalue weighted by atomic mass is 32.2. The van der Waals surface area contributed by atoms with Crippen LogP contribution in [0, 0.1) is 31.1 Å². The number of thiazole rings is 1. The average Bonchev–Trinajstić information content (AvgIpc) is 3.57. The maximum atomic E-state index is 14.7. The zero-order valence-electron chi connectivity index (χ0n) is 49.4. The number of hydrogen-bond donors (Lipinski definition) is 4. The van der Waals surface area contributed by atoms with Crippen molar-refractivity contribution in [1.29, 1.82) is 0 Å². The van der Waals surface area contributed by atoms with Gasteiger partial charge in [0, 0.05) is 105 Å². The number of hydrogen-bond acceptors (Lipinski definition) is 16. The van der Waals surface area contributed by atoms with Crippen LogP contribution in [-0.4, -0.2) is 118 Å². The maximum absolute atomic E-state index is 14.7. The number of fused-ring (bicyclic) bond motifs is 2. The number of aromatic nitrogens is 5. The highest BCUT2D eigenvalue weighted by molar-refractivity contribution is 7.90. The highest BCUT2D eigenvalue weighted by Crippen LogP contribution is 2.36. The topological polar surface area (TPSA) is 241 Å². The molecular formula is C66H70N12O8S2. The van der Waals surface area contributed by atoms with E-state index in [0.717, 1.165) is 63.2 Å². The van der Waals surface area contributed by atoms with E-state index in [4.69, 9.17) is 21.0 Å². The molecule has 22 heteroatoms. The predicted octanol–water partition coefficient (Wildman–Crippen LogP) is 8.69. The number of pyridine rings is 1. The molecule has 1 aliphatic carbocycles. The Labute approximate surface area is 515 Å². The van der Waals surface area contributed by atoms with Gasteiger partial charge in [-0.15, -0.1) is 6.42 Å². The van der Waals surface area contributed by atoms with E-state index >= 15 is 0 Å². The van der Waals surface area contributed by atoms with Crippen molar-refractivity contribution in [2.75, 3.05) is 59.3 Å². The van der Waals surface area contributed by atoms with E-state index in [2.05, 4.69) is 41.2 Å². The quantitative estimate of drug-likeness (QED) is 0.0624. The molecule has 8 aromatic rings. The van der Waals surface area contributed by atoms with Gasteiger partial charge < -0.3 is 34.5 Å². The summed E-state index contributed by atoms with van der Waals surface area (Å²) in [5, 5.41) is 26.3. The molecule has 4 aromatic carbocycles. The summed E-state index contributed by atoms with van der Waals surface area (Å²) in [7, 11) is -4.43. The van der Waals surface area contributed by atoms with Gasteiger partial charge in [0.05, 0.1) is 27.4 Å². The van der Waals surface area contributed by atoms with Crippen LogP contribution in [0.2, 0.25) is 0 Å². The number of aliphatic hydroxyl groups is 1. The Balaban J connectivity index is 0.717. The molecule has 4 aromatic heterocycles. The summed E-state index contributed by atoms with van der Waals surface area (Å²) in [5.74, 6) is 1.57. The number of nitrogens with zero attached hydrogens (tertiary/aromatic N) is 9. The number of sulfonamides is 1. The number of anilines is 4. The van der Waals surface area contributed by atoms with E-state index in [1.807, 2.05) is 91.0 Å². The molecular weight excluding hydrogens is 1150 g/mol. The highest BCUT2D eigenvalue weighted by Gasteiger charge is 2.43. The first-order chi connectivity index (χ1) is 42.6. The Morgan fingerprint density at radius 2 is 1.59 bits per heavy atom. The molecule has 3 fully saturated rings. The van der Waals surface area contributed by atoms with E-state index in [0.29, 0.717) is 90.8 Å². The second-order valence-electron chi connectivity index (χ2n) is 23.6. The summed E-state index contributed by atoms with van der Waals surface area (Å²) in [6.07, 6.45) is 12.9. The fourth-order valence-electron chi connectivity index (χ4n) is 12.7. The van der Waals surface area contributed by atoms with Crippen molar-refractivity contribution in [3.05, 3.63) is 160 Å². The summed E-state index contributed by atoms with van der Waals surface area (Å²) < 4.78 is 39.8. The molecule has 0 spiro atoms. The number of aliphatic hydroxyl groups excluding tert-OH is 1. The van der Waals surface area contributed by atoms with Gasteiger partial charge in [-0.25, -0.2) is 23.1 Å². The van der Waals surface area contributed by atoms with Crippen LogP contribution in [0.1, 0.15) is 113 Å². The average molecular weight is 1220 g/mol. The largest absolute Gasteiger partial charge is 0.391 e. The van der Waals surface area contributed by atoms with Gasteiger partial charge in [0.25, 0.3) is 21.8 Å². The molecule has 4 N–H and O–H groups in total. The number of carbonyl (C=O) groups is 4. The predicted molar refractivity (Wildman–Crippen MR) is 337 cm³/mol. The second kappa shape index (κ2) is 25.4. The molecule has 88 heavy (non-hydrogen) atoms. The Morgan fingerprint density at radius 1 is 0.830 bits per heavy atom.